The number of nitrogens with one attached hydrogen (secondary N) is 1. The fourth-order valence-electron chi connectivity index (χ4n) is 3.33. The van der Waals surface area contributed by atoms with Gasteiger partial charge < -0.3 is 10.2 Å². The lowest BCUT2D eigenvalue weighted by Gasteiger charge is -2.37. The number of carbonyl (C=O) groups is 1. The summed E-state index contributed by atoms with van der Waals surface area (Å²) in [5.74, 6) is 0.891. The highest BCUT2D eigenvalue weighted by Gasteiger charge is 2.37. The molecule has 3 heterocycles. The van der Waals surface area contributed by atoms with Crippen LogP contribution in [0, 0.1) is 12.8 Å². The molecule has 0 radical (unpaired) electrons. The van der Waals surface area contributed by atoms with Gasteiger partial charge in [-0.15, -0.1) is 0 Å². The number of fused-ring (bicyclic) bond motifs is 1. The lowest BCUT2D eigenvalue weighted by molar-refractivity contribution is -0.134. The van der Waals surface area contributed by atoms with Crippen molar-refractivity contribution < 1.29 is 4.79 Å². The van der Waals surface area contributed by atoms with Crippen LogP contribution in [-0.4, -0.2) is 41.5 Å². The molecule has 0 spiro atoms. The van der Waals surface area contributed by atoms with Crippen molar-refractivity contribution in [1.82, 2.24) is 15.2 Å². The fourth-order valence-corrected chi connectivity index (χ4v) is 3.33. The molecule has 2 aliphatic rings. The predicted molar refractivity (Wildman–Crippen MR) is 73.8 cm³/mol. The Morgan fingerprint density at radius 3 is 3.26 bits per heavy atom. The first kappa shape index (κ1) is 12.6. The highest BCUT2D eigenvalue weighted by Crippen LogP contribution is 2.26. The Balaban J connectivity index is 1.71. The van der Waals surface area contributed by atoms with E-state index in [1.165, 1.54) is 6.42 Å². The van der Waals surface area contributed by atoms with Crippen LogP contribution in [0.5, 0.6) is 0 Å². The topological polar surface area (TPSA) is 45.2 Å². The van der Waals surface area contributed by atoms with Crippen molar-refractivity contribution in [2.24, 2.45) is 5.92 Å². The number of pyridine rings is 1. The fraction of sp³-hybridized carbons (Fsp3) is 0.600. The van der Waals surface area contributed by atoms with E-state index < -0.39 is 0 Å². The van der Waals surface area contributed by atoms with Gasteiger partial charge >= 0.3 is 0 Å². The Morgan fingerprint density at radius 2 is 2.42 bits per heavy atom. The van der Waals surface area contributed by atoms with Crippen LogP contribution in [0.4, 0.5) is 0 Å². The highest BCUT2D eigenvalue weighted by molar-refractivity contribution is 5.79. The quantitative estimate of drug-likeness (QED) is 0.866. The van der Waals surface area contributed by atoms with Gasteiger partial charge in [-0.1, -0.05) is 6.07 Å². The second kappa shape index (κ2) is 5.29. The van der Waals surface area contributed by atoms with E-state index in [0.29, 0.717) is 18.4 Å². The number of hydrogen-bond acceptors (Lipinski definition) is 3. The van der Waals surface area contributed by atoms with Gasteiger partial charge in [0.1, 0.15) is 0 Å². The van der Waals surface area contributed by atoms with E-state index in [1.807, 2.05) is 19.1 Å². The minimum atomic E-state index is 0.236. The van der Waals surface area contributed by atoms with Gasteiger partial charge in [0.15, 0.2) is 0 Å². The predicted octanol–water partition coefficient (Wildman–Crippen LogP) is 1.14. The molecular formula is C15H21N3O. The number of likely N-dealkylation sites (tertiary alicyclic amines) is 1. The molecule has 102 valence electrons. The Labute approximate surface area is 114 Å². The second-order valence-electron chi connectivity index (χ2n) is 5.66. The third kappa shape index (κ3) is 2.50. The van der Waals surface area contributed by atoms with Crippen molar-refractivity contribution in [3.63, 3.8) is 0 Å². The highest BCUT2D eigenvalue weighted by atomic mass is 16.2. The van der Waals surface area contributed by atoms with Gasteiger partial charge in [0, 0.05) is 31.9 Å². The summed E-state index contributed by atoms with van der Waals surface area (Å²) in [7, 11) is 0. The molecule has 1 amide bonds. The van der Waals surface area contributed by atoms with Crippen LogP contribution in [0.2, 0.25) is 0 Å². The lowest BCUT2D eigenvalue weighted by atomic mass is 9.91. The lowest BCUT2D eigenvalue weighted by Crippen LogP contribution is -2.49. The molecule has 4 heteroatoms. The smallest absolute Gasteiger partial charge is 0.228 e. The molecule has 0 aliphatic carbocycles. The number of aromatic nitrogens is 1. The molecule has 3 rings (SSSR count). The van der Waals surface area contributed by atoms with Crippen LogP contribution in [0.15, 0.2) is 18.3 Å². The van der Waals surface area contributed by atoms with E-state index >= 15 is 0 Å². The Kier molecular flexibility index (Phi) is 3.51. The molecule has 0 bridgehead atoms. The molecule has 0 aromatic carbocycles. The number of amides is 1. The molecule has 19 heavy (non-hydrogen) atoms. The maximum atomic E-state index is 12.5. The van der Waals surface area contributed by atoms with E-state index in [9.17, 15) is 4.79 Å². The van der Waals surface area contributed by atoms with Gasteiger partial charge in [-0.25, -0.2) is 0 Å². The summed E-state index contributed by atoms with van der Waals surface area (Å²) in [6.07, 6.45) is 4.60. The first-order valence-corrected chi connectivity index (χ1v) is 7.16. The maximum Gasteiger partial charge on any atom is 0.228 e. The number of nitrogens with zero attached hydrogens (tertiary/aromatic N) is 2. The SMILES string of the molecule is Cc1cccnc1CC(=O)N1CCCC2CNCC21. The van der Waals surface area contributed by atoms with E-state index in [1.54, 1.807) is 6.20 Å². The van der Waals surface area contributed by atoms with Crippen LogP contribution in [0.1, 0.15) is 24.1 Å². The third-order valence-electron chi connectivity index (χ3n) is 4.44. The number of hydrogen-bond donors (Lipinski definition) is 1. The molecule has 4 nitrogen and oxygen atoms in total. The molecule has 2 aliphatic heterocycles. The number of carbonyl (C=O) groups excluding carboxylic acids is 1. The standard InChI is InChI=1S/C15H21N3O/c1-11-4-2-6-17-13(11)8-15(19)18-7-3-5-12-9-16-10-14(12)18/h2,4,6,12,14,16H,3,5,7-10H2,1H3. The van der Waals surface area contributed by atoms with Crippen LogP contribution in [0.25, 0.3) is 0 Å². The molecule has 1 aromatic rings. The summed E-state index contributed by atoms with van der Waals surface area (Å²) < 4.78 is 0. The van der Waals surface area contributed by atoms with Gasteiger partial charge in [-0.05, 0) is 37.3 Å². The van der Waals surface area contributed by atoms with Crippen LogP contribution in [0.3, 0.4) is 0 Å². The van der Waals surface area contributed by atoms with Gasteiger partial charge in [-0.2, -0.15) is 0 Å². The summed E-state index contributed by atoms with van der Waals surface area (Å²) >= 11 is 0. The third-order valence-corrected chi connectivity index (χ3v) is 4.44. The molecule has 0 saturated carbocycles. The minimum absolute atomic E-state index is 0.236. The number of aryl methyl sites for hydroxylation is 1. The van der Waals surface area contributed by atoms with Crippen molar-refractivity contribution in [3.05, 3.63) is 29.6 Å². The zero-order valence-corrected chi connectivity index (χ0v) is 11.4. The largest absolute Gasteiger partial charge is 0.338 e. The normalized spacial score (nSPS) is 26.3. The van der Waals surface area contributed by atoms with Crippen molar-refractivity contribution in [2.45, 2.75) is 32.2 Å². The van der Waals surface area contributed by atoms with Gasteiger partial charge in [0.2, 0.25) is 5.91 Å². The molecular weight excluding hydrogens is 238 g/mol. The molecule has 2 fully saturated rings. The number of rotatable bonds is 2. The Bertz CT molecular complexity index is 474. The van der Waals surface area contributed by atoms with Crippen molar-refractivity contribution in [1.29, 1.82) is 0 Å². The zero-order valence-electron chi connectivity index (χ0n) is 11.4. The van der Waals surface area contributed by atoms with Gasteiger partial charge in [0.05, 0.1) is 12.1 Å². The van der Waals surface area contributed by atoms with Crippen LogP contribution < -0.4 is 5.32 Å². The molecule has 2 unspecified atom stereocenters. The van der Waals surface area contributed by atoms with Crippen molar-refractivity contribution in [2.75, 3.05) is 19.6 Å². The first-order chi connectivity index (χ1) is 9.25. The maximum absolute atomic E-state index is 12.5. The monoisotopic (exact) mass is 259 g/mol. The van der Waals surface area contributed by atoms with Crippen LogP contribution >= 0.6 is 0 Å². The summed E-state index contributed by atoms with van der Waals surface area (Å²) in [4.78, 5) is 18.9. The number of piperidine rings is 1. The van der Waals surface area contributed by atoms with E-state index in [-0.39, 0.29) is 5.91 Å². The Morgan fingerprint density at radius 1 is 1.53 bits per heavy atom. The van der Waals surface area contributed by atoms with E-state index in [4.69, 9.17) is 0 Å². The summed E-state index contributed by atoms with van der Waals surface area (Å²) in [5, 5.41) is 3.41. The van der Waals surface area contributed by atoms with Gasteiger partial charge in [0.25, 0.3) is 0 Å². The summed E-state index contributed by atoms with van der Waals surface area (Å²) in [6.45, 7) is 4.95. The van der Waals surface area contributed by atoms with E-state index in [0.717, 1.165) is 37.3 Å². The second-order valence-corrected chi connectivity index (χ2v) is 5.66. The molecule has 2 atom stereocenters. The first-order valence-electron chi connectivity index (χ1n) is 7.16. The Hall–Kier alpha value is -1.42. The van der Waals surface area contributed by atoms with Crippen LogP contribution in [-0.2, 0) is 11.2 Å². The molecule has 2 saturated heterocycles. The molecule has 1 aromatic heterocycles. The molecule has 1 N–H and O–H groups in total. The minimum Gasteiger partial charge on any atom is -0.338 e. The zero-order chi connectivity index (χ0) is 13.2. The summed E-state index contributed by atoms with van der Waals surface area (Å²) in [6, 6.07) is 4.35. The van der Waals surface area contributed by atoms with E-state index in [2.05, 4.69) is 15.2 Å². The van der Waals surface area contributed by atoms with Crippen molar-refractivity contribution in [3.8, 4) is 0 Å². The van der Waals surface area contributed by atoms with Gasteiger partial charge in [-0.3, -0.25) is 9.78 Å². The average molecular weight is 259 g/mol. The summed E-state index contributed by atoms with van der Waals surface area (Å²) in [5.41, 5.74) is 2.02. The average Bonchev–Trinajstić information content (AvgIpc) is 2.89. The van der Waals surface area contributed by atoms with Crippen molar-refractivity contribution >= 4 is 5.91 Å².